The zero-order valence-electron chi connectivity index (χ0n) is 10.9. The van der Waals surface area contributed by atoms with Crippen LogP contribution in [0.25, 0.3) is 0 Å². The highest BCUT2D eigenvalue weighted by molar-refractivity contribution is 5.20. The first-order valence-electron chi connectivity index (χ1n) is 5.97. The summed E-state index contributed by atoms with van der Waals surface area (Å²) in [4.78, 5) is 0. The second kappa shape index (κ2) is 7.30. The van der Waals surface area contributed by atoms with E-state index in [9.17, 15) is 0 Å². The van der Waals surface area contributed by atoms with Crippen LogP contribution in [0.3, 0.4) is 0 Å². The zero-order valence-corrected chi connectivity index (χ0v) is 10.9. The van der Waals surface area contributed by atoms with Crippen molar-refractivity contribution in [2.24, 2.45) is 0 Å². The monoisotopic (exact) mass is 238 g/mol. The van der Waals surface area contributed by atoms with Crippen molar-refractivity contribution in [2.75, 3.05) is 26.4 Å². The molecule has 0 aliphatic rings. The maximum atomic E-state index is 5.53. The van der Waals surface area contributed by atoms with Gasteiger partial charge in [0.05, 0.1) is 25.4 Å². The Morgan fingerprint density at radius 3 is 2.18 bits per heavy atom. The first-order chi connectivity index (χ1) is 8.08. The van der Waals surface area contributed by atoms with Crippen LogP contribution >= 0.6 is 0 Å². The maximum Gasteiger partial charge on any atom is 0.119 e. The summed E-state index contributed by atoms with van der Waals surface area (Å²) in [5.74, 6) is 0.877. The van der Waals surface area contributed by atoms with E-state index in [2.05, 4.69) is 0 Å². The Morgan fingerprint density at radius 2 is 1.53 bits per heavy atom. The summed E-state index contributed by atoms with van der Waals surface area (Å²) in [6.07, 6.45) is 0. The molecule has 0 atom stereocenters. The minimum atomic E-state index is -0.0934. The van der Waals surface area contributed by atoms with Crippen molar-refractivity contribution in [2.45, 2.75) is 26.4 Å². The van der Waals surface area contributed by atoms with E-state index < -0.39 is 0 Å². The van der Waals surface area contributed by atoms with Gasteiger partial charge in [0.2, 0.25) is 0 Å². The fourth-order valence-electron chi connectivity index (χ4n) is 1.24. The molecular weight excluding hydrogens is 216 g/mol. The highest BCUT2D eigenvalue weighted by Crippen LogP contribution is 2.08. The third-order valence-corrected chi connectivity index (χ3v) is 2.00. The summed E-state index contributed by atoms with van der Waals surface area (Å²) < 4.78 is 16.4. The fraction of sp³-hybridized carbons (Fsp3) is 0.571. The maximum absolute atomic E-state index is 5.53. The first kappa shape index (κ1) is 14.0. The van der Waals surface area contributed by atoms with Crippen LogP contribution in [0.2, 0.25) is 0 Å². The van der Waals surface area contributed by atoms with E-state index in [-0.39, 0.29) is 5.60 Å². The lowest BCUT2D eigenvalue weighted by molar-refractivity contribution is -0.0375. The normalized spacial score (nSPS) is 11.5. The van der Waals surface area contributed by atoms with Crippen molar-refractivity contribution in [3.05, 3.63) is 30.3 Å². The Bertz CT molecular complexity index is 290. The molecule has 0 N–H and O–H groups in total. The highest BCUT2D eigenvalue weighted by Gasteiger charge is 2.08. The van der Waals surface area contributed by atoms with Gasteiger partial charge >= 0.3 is 0 Å². The molecule has 3 heteroatoms. The largest absolute Gasteiger partial charge is 0.491 e. The lowest BCUT2D eigenvalue weighted by Crippen LogP contribution is -2.22. The van der Waals surface area contributed by atoms with E-state index in [0.29, 0.717) is 26.4 Å². The van der Waals surface area contributed by atoms with Gasteiger partial charge in [0.15, 0.2) is 0 Å². The molecule has 0 amide bonds. The molecule has 3 nitrogen and oxygen atoms in total. The first-order valence-corrected chi connectivity index (χ1v) is 5.97. The van der Waals surface area contributed by atoms with Gasteiger partial charge < -0.3 is 14.2 Å². The molecule has 0 aliphatic carbocycles. The molecule has 0 heterocycles. The number of ether oxygens (including phenoxy) is 3. The van der Waals surface area contributed by atoms with Crippen molar-refractivity contribution >= 4 is 0 Å². The zero-order chi connectivity index (χ0) is 12.6. The van der Waals surface area contributed by atoms with Crippen LogP contribution in [0, 0.1) is 0 Å². The van der Waals surface area contributed by atoms with Crippen LogP contribution in [0.1, 0.15) is 20.8 Å². The summed E-state index contributed by atoms with van der Waals surface area (Å²) in [6.45, 7) is 8.48. The average molecular weight is 238 g/mol. The predicted molar refractivity (Wildman–Crippen MR) is 68.5 cm³/mol. The summed E-state index contributed by atoms with van der Waals surface area (Å²) in [6, 6.07) is 9.74. The van der Waals surface area contributed by atoms with E-state index in [1.54, 1.807) is 0 Å². The summed E-state index contributed by atoms with van der Waals surface area (Å²) in [5.41, 5.74) is -0.0934. The molecule has 0 radical (unpaired) electrons. The van der Waals surface area contributed by atoms with Crippen LogP contribution in [0.5, 0.6) is 5.75 Å². The van der Waals surface area contributed by atoms with Gasteiger partial charge in [-0.3, -0.25) is 0 Å². The molecule has 0 spiro atoms. The molecule has 1 rings (SSSR count). The van der Waals surface area contributed by atoms with E-state index >= 15 is 0 Å². The number of hydrogen-bond donors (Lipinski definition) is 0. The molecule has 0 saturated carbocycles. The Morgan fingerprint density at radius 1 is 0.882 bits per heavy atom. The third-order valence-electron chi connectivity index (χ3n) is 2.00. The van der Waals surface area contributed by atoms with Crippen molar-refractivity contribution < 1.29 is 14.2 Å². The number of rotatable bonds is 7. The van der Waals surface area contributed by atoms with Gasteiger partial charge in [0, 0.05) is 0 Å². The molecule has 0 fully saturated rings. The van der Waals surface area contributed by atoms with Crippen molar-refractivity contribution in [3.63, 3.8) is 0 Å². The van der Waals surface area contributed by atoms with E-state index in [1.165, 1.54) is 0 Å². The molecule has 1 aromatic rings. The van der Waals surface area contributed by atoms with Gasteiger partial charge in [0.1, 0.15) is 12.4 Å². The lowest BCUT2D eigenvalue weighted by atomic mass is 10.2. The van der Waals surface area contributed by atoms with Gasteiger partial charge in [-0.05, 0) is 32.9 Å². The smallest absolute Gasteiger partial charge is 0.119 e. The highest BCUT2D eigenvalue weighted by atomic mass is 16.5. The number of hydrogen-bond acceptors (Lipinski definition) is 3. The van der Waals surface area contributed by atoms with E-state index in [4.69, 9.17) is 14.2 Å². The quantitative estimate of drug-likeness (QED) is 0.684. The third kappa shape index (κ3) is 7.77. The Balaban J connectivity index is 1.95. The van der Waals surface area contributed by atoms with E-state index in [1.807, 2.05) is 51.1 Å². The minimum Gasteiger partial charge on any atom is -0.491 e. The van der Waals surface area contributed by atoms with Gasteiger partial charge in [-0.1, -0.05) is 18.2 Å². The van der Waals surface area contributed by atoms with Crippen LogP contribution in [-0.4, -0.2) is 32.0 Å². The fourth-order valence-corrected chi connectivity index (χ4v) is 1.24. The molecule has 1 aromatic carbocycles. The molecule has 0 aliphatic heterocycles. The van der Waals surface area contributed by atoms with Crippen molar-refractivity contribution in [1.82, 2.24) is 0 Å². The molecule has 17 heavy (non-hydrogen) atoms. The molecule has 96 valence electrons. The van der Waals surface area contributed by atoms with Gasteiger partial charge in [-0.15, -0.1) is 0 Å². The Hall–Kier alpha value is -1.06. The second-order valence-electron chi connectivity index (χ2n) is 4.73. The van der Waals surface area contributed by atoms with Crippen molar-refractivity contribution in [1.29, 1.82) is 0 Å². The topological polar surface area (TPSA) is 27.7 Å². The Kier molecular flexibility index (Phi) is 6.01. The minimum absolute atomic E-state index is 0.0934. The number of benzene rings is 1. The number of para-hydroxylation sites is 1. The summed E-state index contributed by atoms with van der Waals surface area (Å²) in [5, 5.41) is 0. The average Bonchev–Trinajstić information content (AvgIpc) is 2.28. The lowest BCUT2D eigenvalue weighted by Gasteiger charge is -2.19. The summed E-state index contributed by atoms with van der Waals surface area (Å²) >= 11 is 0. The molecule has 0 bridgehead atoms. The van der Waals surface area contributed by atoms with Crippen LogP contribution in [0.4, 0.5) is 0 Å². The van der Waals surface area contributed by atoms with Crippen LogP contribution in [0.15, 0.2) is 30.3 Å². The Labute approximate surface area is 104 Å². The van der Waals surface area contributed by atoms with Crippen molar-refractivity contribution in [3.8, 4) is 5.75 Å². The van der Waals surface area contributed by atoms with Crippen LogP contribution in [-0.2, 0) is 9.47 Å². The predicted octanol–water partition coefficient (Wildman–Crippen LogP) is 2.90. The van der Waals surface area contributed by atoms with Gasteiger partial charge in [0.25, 0.3) is 0 Å². The summed E-state index contributed by atoms with van der Waals surface area (Å²) in [7, 11) is 0. The molecule has 0 aromatic heterocycles. The second-order valence-corrected chi connectivity index (χ2v) is 4.73. The SMILES string of the molecule is CC(C)(C)OCCOCCOc1ccccc1. The van der Waals surface area contributed by atoms with Gasteiger partial charge in [-0.2, -0.15) is 0 Å². The molecule has 0 unspecified atom stereocenters. The molecule has 0 saturated heterocycles. The van der Waals surface area contributed by atoms with E-state index in [0.717, 1.165) is 5.75 Å². The van der Waals surface area contributed by atoms with Gasteiger partial charge in [-0.25, -0.2) is 0 Å². The molecular formula is C14H22O3. The standard InChI is InChI=1S/C14H22O3/c1-14(2,3)17-12-10-15-9-11-16-13-7-5-4-6-8-13/h4-8H,9-12H2,1-3H3. The van der Waals surface area contributed by atoms with Crippen LogP contribution < -0.4 is 4.74 Å².